The van der Waals surface area contributed by atoms with Crippen molar-refractivity contribution in [3.05, 3.63) is 42.2 Å². The molecule has 2 saturated heterocycles. The van der Waals surface area contributed by atoms with Crippen molar-refractivity contribution in [2.24, 2.45) is 17.8 Å². The highest BCUT2D eigenvalue weighted by molar-refractivity contribution is 6.03. The van der Waals surface area contributed by atoms with Gasteiger partial charge in [-0.1, -0.05) is 45.3 Å². The van der Waals surface area contributed by atoms with Gasteiger partial charge in [-0.05, 0) is 56.4 Å². The molecule has 5 rings (SSSR count). The predicted octanol–water partition coefficient (Wildman–Crippen LogP) is 3.80. The van der Waals surface area contributed by atoms with Gasteiger partial charge in [-0.25, -0.2) is 4.39 Å². The summed E-state index contributed by atoms with van der Waals surface area (Å²) in [6.07, 6.45) is 9.64. The van der Waals surface area contributed by atoms with Crippen LogP contribution in [0.2, 0.25) is 0 Å². The lowest BCUT2D eigenvalue weighted by atomic mass is 9.70. The van der Waals surface area contributed by atoms with Crippen molar-refractivity contribution < 1.29 is 23.5 Å². The summed E-state index contributed by atoms with van der Waals surface area (Å²) in [6.45, 7) is 6.39. The monoisotopic (exact) mass is 497 g/mol. The van der Waals surface area contributed by atoms with E-state index >= 15 is 0 Å². The molecule has 4 aliphatic rings. The van der Waals surface area contributed by atoms with Crippen molar-refractivity contribution >= 4 is 23.4 Å². The third kappa shape index (κ3) is 4.13. The summed E-state index contributed by atoms with van der Waals surface area (Å²) in [6, 6.07) is 4.80. The van der Waals surface area contributed by atoms with Gasteiger partial charge < -0.3 is 20.3 Å². The molecule has 8 heteroatoms. The first-order valence-electron chi connectivity index (χ1n) is 13.2. The number of hydrogen-bond acceptors (Lipinski definition) is 4. The number of carbonyl (C=O) groups is 3. The van der Waals surface area contributed by atoms with Gasteiger partial charge in [0.1, 0.15) is 17.5 Å². The van der Waals surface area contributed by atoms with E-state index < -0.39 is 34.9 Å². The normalized spacial score (nSPS) is 33.3. The Morgan fingerprint density at radius 1 is 1.11 bits per heavy atom. The van der Waals surface area contributed by atoms with E-state index in [1.165, 1.54) is 30.7 Å². The molecule has 2 N–H and O–H groups in total. The number of benzene rings is 1. The summed E-state index contributed by atoms with van der Waals surface area (Å²) in [7, 11) is 0. The Bertz CT molecular complexity index is 1070. The smallest absolute Gasteiger partial charge is 0.246 e. The number of nitrogens with zero attached hydrogens (tertiary/aromatic N) is 1. The molecule has 1 aromatic carbocycles. The first-order chi connectivity index (χ1) is 17.1. The molecule has 1 saturated carbocycles. The minimum absolute atomic E-state index is 0.0968. The molecule has 1 spiro atoms. The molecule has 7 nitrogen and oxygen atoms in total. The van der Waals surface area contributed by atoms with E-state index in [0.29, 0.717) is 18.2 Å². The molecule has 5 atom stereocenters. The molecule has 0 unspecified atom stereocenters. The van der Waals surface area contributed by atoms with E-state index in [2.05, 4.69) is 24.5 Å². The Morgan fingerprint density at radius 3 is 2.47 bits per heavy atom. The van der Waals surface area contributed by atoms with Crippen LogP contribution in [-0.2, 0) is 19.1 Å². The summed E-state index contributed by atoms with van der Waals surface area (Å²) >= 11 is 0. The van der Waals surface area contributed by atoms with Crippen LogP contribution in [-0.4, -0.2) is 52.5 Å². The Balaban J connectivity index is 1.46. The summed E-state index contributed by atoms with van der Waals surface area (Å²) in [5.74, 6) is -2.45. The van der Waals surface area contributed by atoms with Gasteiger partial charge in [0.2, 0.25) is 17.7 Å². The van der Waals surface area contributed by atoms with E-state index in [0.717, 1.165) is 32.1 Å². The van der Waals surface area contributed by atoms with Crippen LogP contribution in [0.3, 0.4) is 0 Å². The Labute approximate surface area is 211 Å². The molecular weight excluding hydrogens is 461 g/mol. The number of hydrogen-bond donors (Lipinski definition) is 2. The number of ether oxygens (including phenoxy) is 1. The van der Waals surface area contributed by atoms with E-state index in [4.69, 9.17) is 4.74 Å². The van der Waals surface area contributed by atoms with Gasteiger partial charge >= 0.3 is 0 Å². The van der Waals surface area contributed by atoms with Crippen LogP contribution >= 0.6 is 0 Å². The number of halogens is 1. The maximum absolute atomic E-state index is 13.9. The predicted molar refractivity (Wildman–Crippen MR) is 133 cm³/mol. The average Bonchev–Trinajstić information content (AvgIpc) is 3.40. The Kier molecular flexibility index (Phi) is 6.43. The third-order valence-corrected chi connectivity index (χ3v) is 8.34. The fourth-order valence-corrected chi connectivity index (χ4v) is 6.55. The van der Waals surface area contributed by atoms with Gasteiger partial charge in [0.05, 0.1) is 17.4 Å². The van der Waals surface area contributed by atoms with Crippen molar-refractivity contribution in [3.63, 3.8) is 0 Å². The van der Waals surface area contributed by atoms with Crippen molar-refractivity contribution in [1.29, 1.82) is 0 Å². The Morgan fingerprint density at radius 2 is 1.81 bits per heavy atom. The van der Waals surface area contributed by atoms with E-state index in [1.54, 1.807) is 11.8 Å². The van der Waals surface area contributed by atoms with Crippen molar-refractivity contribution in [3.8, 4) is 0 Å². The largest absolute Gasteiger partial charge is 0.356 e. The fourth-order valence-electron chi connectivity index (χ4n) is 6.55. The molecule has 194 valence electrons. The molecule has 2 bridgehead atoms. The zero-order valence-corrected chi connectivity index (χ0v) is 21.3. The first kappa shape index (κ1) is 24.9. The molecule has 3 fully saturated rings. The van der Waals surface area contributed by atoms with Crippen molar-refractivity contribution in [1.82, 2.24) is 10.2 Å². The molecule has 1 aromatic rings. The standard InChI is InChI=1S/C28H36FN3O4/c1-17(2)13-16-32-23(25(34)31-19-7-5-4-6-8-19)28-15-14-27(3,36-28)21(22(28)26(32)35)24(33)30-20-11-9-18(29)10-12-20/h9-12,14-15,17,19,21-23H,4-8,13,16H2,1-3H3,(H,30,33)(H,31,34)/t21-,22-,23-,27-,28+/m1/s1. The van der Waals surface area contributed by atoms with E-state index in [-0.39, 0.29) is 23.8 Å². The minimum Gasteiger partial charge on any atom is -0.356 e. The molecule has 0 radical (unpaired) electrons. The highest BCUT2D eigenvalue weighted by Crippen LogP contribution is 2.59. The number of nitrogens with one attached hydrogen (secondary N) is 2. The maximum Gasteiger partial charge on any atom is 0.246 e. The maximum atomic E-state index is 13.9. The number of amides is 3. The van der Waals surface area contributed by atoms with Crippen LogP contribution in [0, 0.1) is 23.6 Å². The second-order valence-corrected chi connectivity index (χ2v) is 11.4. The summed E-state index contributed by atoms with van der Waals surface area (Å²) in [5, 5.41) is 6.04. The van der Waals surface area contributed by atoms with Crippen LogP contribution in [0.25, 0.3) is 0 Å². The highest BCUT2D eigenvalue weighted by Gasteiger charge is 2.76. The second kappa shape index (κ2) is 9.29. The van der Waals surface area contributed by atoms with Gasteiger partial charge in [0, 0.05) is 18.3 Å². The van der Waals surface area contributed by atoms with Crippen LogP contribution in [0.5, 0.6) is 0 Å². The van der Waals surface area contributed by atoms with Crippen LogP contribution in [0.1, 0.15) is 59.3 Å². The lowest BCUT2D eigenvalue weighted by molar-refractivity contribution is -0.144. The lowest BCUT2D eigenvalue weighted by Gasteiger charge is -2.35. The number of fused-ring (bicyclic) bond motifs is 1. The van der Waals surface area contributed by atoms with Crippen LogP contribution in [0.15, 0.2) is 36.4 Å². The molecule has 0 aromatic heterocycles. The molecule has 3 heterocycles. The number of anilines is 1. The van der Waals surface area contributed by atoms with Gasteiger partial charge in [0.25, 0.3) is 0 Å². The molecule has 3 amide bonds. The van der Waals surface area contributed by atoms with Crippen molar-refractivity contribution in [2.45, 2.75) is 82.6 Å². The zero-order chi connectivity index (χ0) is 25.7. The lowest BCUT2D eigenvalue weighted by Crippen LogP contribution is -2.56. The van der Waals surface area contributed by atoms with E-state index in [1.807, 2.05) is 12.2 Å². The van der Waals surface area contributed by atoms with E-state index in [9.17, 15) is 18.8 Å². The molecule has 36 heavy (non-hydrogen) atoms. The number of likely N-dealkylation sites (tertiary alicyclic amines) is 1. The average molecular weight is 498 g/mol. The zero-order valence-electron chi connectivity index (χ0n) is 21.3. The van der Waals surface area contributed by atoms with Gasteiger partial charge in [-0.2, -0.15) is 0 Å². The third-order valence-electron chi connectivity index (χ3n) is 8.34. The first-order valence-corrected chi connectivity index (χ1v) is 13.2. The number of rotatable bonds is 7. The fraction of sp³-hybridized carbons (Fsp3) is 0.607. The van der Waals surface area contributed by atoms with Gasteiger partial charge in [0.15, 0.2) is 0 Å². The molecule has 3 aliphatic heterocycles. The Hall–Kier alpha value is -2.74. The van der Waals surface area contributed by atoms with Gasteiger partial charge in [-0.15, -0.1) is 0 Å². The van der Waals surface area contributed by atoms with Crippen LogP contribution < -0.4 is 10.6 Å². The number of carbonyl (C=O) groups excluding carboxylic acids is 3. The molecule has 1 aliphatic carbocycles. The summed E-state index contributed by atoms with van der Waals surface area (Å²) < 4.78 is 19.9. The molecular formula is C28H36FN3O4. The SMILES string of the molecule is CC(C)CCN1C(=O)[C@H]2[C@H](C(=O)Nc3ccc(F)cc3)[C@@]3(C)C=C[C@@]2(O3)[C@H]1C(=O)NC1CCCCC1. The topological polar surface area (TPSA) is 87.7 Å². The van der Waals surface area contributed by atoms with Crippen molar-refractivity contribution in [2.75, 3.05) is 11.9 Å². The quantitative estimate of drug-likeness (QED) is 0.561. The summed E-state index contributed by atoms with van der Waals surface area (Å²) in [4.78, 5) is 42.9. The van der Waals surface area contributed by atoms with Gasteiger partial charge in [-0.3, -0.25) is 14.4 Å². The van der Waals surface area contributed by atoms with Crippen LogP contribution in [0.4, 0.5) is 10.1 Å². The highest BCUT2D eigenvalue weighted by atomic mass is 19.1. The summed E-state index contributed by atoms with van der Waals surface area (Å²) in [5.41, 5.74) is -1.76. The second-order valence-electron chi connectivity index (χ2n) is 11.4. The minimum atomic E-state index is -1.19.